The standard InChI is InChI=1S/C31H41N3O4/c1-4-38-25-11-9-23(10-12-25)19-32-20-28(27-8-6-5-7-26(27)22(2)3)34(29(35)21-32)24-17-31(18-24)13-15-33(16-14-31)30(36)37/h5-12,22,24,28H,4,13-21H2,1-3H3,(H,36,37). The Hall–Kier alpha value is -3.06. The van der Waals surface area contributed by atoms with Gasteiger partial charge in [-0.25, -0.2) is 4.79 Å². The number of ether oxygens (including phenoxy) is 1. The number of hydrogen-bond donors (Lipinski definition) is 1. The van der Waals surface area contributed by atoms with Gasteiger partial charge in [-0.15, -0.1) is 0 Å². The number of carboxylic acid groups (broad SMARTS) is 1. The first-order valence-corrected chi connectivity index (χ1v) is 14.1. The van der Waals surface area contributed by atoms with E-state index in [0.29, 0.717) is 32.2 Å². The number of benzene rings is 2. The van der Waals surface area contributed by atoms with Crippen LogP contribution in [0, 0.1) is 5.41 Å². The summed E-state index contributed by atoms with van der Waals surface area (Å²) in [4.78, 5) is 31.2. The largest absolute Gasteiger partial charge is 0.494 e. The van der Waals surface area contributed by atoms with Crippen molar-refractivity contribution in [2.45, 2.75) is 71.0 Å². The molecule has 38 heavy (non-hydrogen) atoms. The number of hydrogen-bond acceptors (Lipinski definition) is 4. The summed E-state index contributed by atoms with van der Waals surface area (Å²) in [5.41, 5.74) is 3.92. The summed E-state index contributed by atoms with van der Waals surface area (Å²) in [5, 5.41) is 9.35. The Morgan fingerprint density at radius 3 is 2.39 bits per heavy atom. The smallest absolute Gasteiger partial charge is 0.407 e. The van der Waals surface area contributed by atoms with Crippen molar-refractivity contribution in [2.24, 2.45) is 5.41 Å². The second-order valence-electron chi connectivity index (χ2n) is 11.7. The highest BCUT2D eigenvalue weighted by molar-refractivity contribution is 5.80. The summed E-state index contributed by atoms with van der Waals surface area (Å²) < 4.78 is 5.60. The van der Waals surface area contributed by atoms with Crippen LogP contribution in [0.1, 0.15) is 75.1 Å². The predicted molar refractivity (Wildman–Crippen MR) is 147 cm³/mol. The zero-order chi connectivity index (χ0) is 26.9. The fraction of sp³-hybridized carbons (Fsp3) is 0.548. The van der Waals surface area contributed by atoms with Gasteiger partial charge >= 0.3 is 6.09 Å². The zero-order valence-electron chi connectivity index (χ0n) is 22.9. The van der Waals surface area contributed by atoms with Gasteiger partial charge in [0.2, 0.25) is 5.91 Å². The molecule has 2 saturated heterocycles. The molecule has 1 N–H and O–H groups in total. The lowest BCUT2D eigenvalue weighted by Gasteiger charge is -2.58. The van der Waals surface area contributed by atoms with Crippen molar-refractivity contribution in [1.29, 1.82) is 0 Å². The minimum atomic E-state index is -0.820. The molecule has 2 aliphatic heterocycles. The Morgan fingerprint density at radius 1 is 1.08 bits per heavy atom. The molecule has 1 spiro atoms. The maximum absolute atomic E-state index is 13.8. The van der Waals surface area contributed by atoms with Gasteiger partial charge in [0.1, 0.15) is 5.75 Å². The van der Waals surface area contributed by atoms with Crippen molar-refractivity contribution in [3.63, 3.8) is 0 Å². The van der Waals surface area contributed by atoms with E-state index in [4.69, 9.17) is 4.74 Å². The maximum atomic E-state index is 13.8. The van der Waals surface area contributed by atoms with Gasteiger partial charge in [0.25, 0.3) is 0 Å². The number of carbonyl (C=O) groups excluding carboxylic acids is 1. The number of piperazine rings is 1. The SMILES string of the molecule is CCOc1ccc(CN2CC(=O)N(C3CC4(CCN(C(=O)O)CC4)C3)C(c3ccccc3C(C)C)C2)cc1. The second kappa shape index (κ2) is 11.0. The minimum absolute atomic E-state index is 0.0130. The summed E-state index contributed by atoms with van der Waals surface area (Å²) >= 11 is 0. The van der Waals surface area contributed by atoms with E-state index in [0.717, 1.165) is 44.5 Å². The van der Waals surface area contributed by atoms with Crippen LogP contribution in [0.4, 0.5) is 4.79 Å². The summed E-state index contributed by atoms with van der Waals surface area (Å²) in [7, 11) is 0. The molecule has 1 unspecified atom stereocenters. The van der Waals surface area contributed by atoms with Gasteiger partial charge in [-0.2, -0.15) is 0 Å². The average molecular weight is 520 g/mol. The maximum Gasteiger partial charge on any atom is 0.407 e. The fourth-order valence-electron chi connectivity index (χ4n) is 6.84. The summed E-state index contributed by atoms with van der Waals surface area (Å²) in [6, 6.07) is 17.0. The van der Waals surface area contributed by atoms with Crippen molar-refractivity contribution >= 4 is 12.0 Å². The molecular weight excluding hydrogens is 478 g/mol. The van der Waals surface area contributed by atoms with E-state index in [1.807, 2.05) is 19.1 Å². The van der Waals surface area contributed by atoms with Crippen molar-refractivity contribution in [3.05, 3.63) is 65.2 Å². The van der Waals surface area contributed by atoms with Gasteiger partial charge in [-0.05, 0) is 72.8 Å². The molecule has 1 aliphatic carbocycles. The molecule has 1 saturated carbocycles. The van der Waals surface area contributed by atoms with Crippen molar-refractivity contribution in [1.82, 2.24) is 14.7 Å². The summed E-state index contributed by atoms with van der Waals surface area (Å²) in [6.07, 6.45) is 2.93. The Kier molecular flexibility index (Phi) is 7.66. The molecule has 3 aliphatic rings. The molecule has 2 aromatic rings. The molecule has 0 aromatic heterocycles. The molecule has 1 atom stereocenters. The van der Waals surface area contributed by atoms with Crippen LogP contribution < -0.4 is 4.74 Å². The molecule has 0 bridgehead atoms. The molecule has 5 rings (SSSR count). The molecule has 7 nitrogen and oxygen atoms in total. The molecule has 2 aromatic carbocycles. The van der Waals surface area contributed by atoms with E-state index < -0.39 is 6.09 Å². The number of amides is 2. The number of nitrogens with zero attached hydrogens (tertiary/aromatic N) is 3. The highest BCUT2D eigenvalue weighted by Gasteiger charge is 2.52. The van der Waals surface area contributed by atoms with E-state index in [1.54, 1.807) is 0 Å². The molecule has 7 heteroatoms. The van der Waals surface area contributed by atoms with Crippen LogP contribution in [0.25, 0.3) is 0 Å². The molecule has 0 radical (unpaired) electrons. The van der Waals surface area contributed by atoms with E-state index >= 15 is 0 Å². The lowest BCUT2D eigenvalue weighted by atomic mass is 9.59. The Bertz CT molecular complexity index is 1130. The Morgan fingerprint density at radius 2 is 1.76 bits per heavy atom. The van der Waals surface area contributed by atoms with E-state index in [1.165, 1.54) is 21.6 Å². The van der Waals surface area contributed by atoms with Crippen molar-refractivity contribution < 1.29 is 19.4 Å². The van der Waals surface area contributed by atoms with Crippen LogP contribution in [-0.2, 0) is 11.3 Å². The Balaban J connectivity index is 1.35. The van der Waals surface area contributed by atoms with Gasteiger partial charge < -0.3 is 19.6 Å². The topological polar surface area (TPSA) is 73.3 Å². The van der Waals surface area contributed by atoms with Crippen LogP contribution >= 0.6 is 0 Å². The van der Waals surface area contributed by atoms with E-state index in [9.17, 15) is 14.7 Å². The first-order chi connectivity index (χ1) is 18.3. The third kappa shape index (κ3) is 5.39. The third-order valence-corrected chi connectivity index (χ3v) is 8.86. The van der Waals surface area contributed by atoms with Crippen molar-refractivity contribution in [2.75, 3.05) is 32.8 Å². The van der Waals surface area contributed by atoms with Crippen LogP contribution in [0.15, 0.2) is 48.5 Å². The van der Waals surface area contributed by atoms with Gasteiger partial charge in [0.15, 0.2) is 0 Å². The zero-order valence-corrected chi connectivity index (χ0v) is 22.9. The molecular formula is C31H41N3O4. The van der Waals surface area contributed by atoms with Crippen LogP contribution in [0.2, 0.25) is 0 Å². The number of likely N-dealkylation sites (tertiary alicyclic amines) is 1. The van der Waals surface area contributed by atoms with Crippen LogP contribution in [-0.4, -0.2) is 70.6 Å². The van der Waals surface area contributed by atoms with E-state index in [2.05, 4.69) is 60.0 Å². The predicted octanol–water partition coefficient (Wildman–Crippen LogP) is 5.52. The second-order valence-corrected chi connectivity index (χ2v) is 11.7. The number of piperidine rings is 1. The molecule has 2 amide bonds. The normalized spacial score (nSPS) is 22.1. The monoisotopic (exact) mass is 519 g/mol. The number of rotatable bonds is 7. The lowest BCUT2D eigenvalue weighted by molar-refractivity contribution is -0.153. The highest BCUT2D eigenvalue weighted by Crippen LogP contribution is 2.53. The first kappa shape index (κ1) is 26.5. The summed E-state index contributed by atoms with van der Waals surface area (Å²) in [6.45, 7) is 10.2. The lowest BCUT2D eigenvalue weighted by Crippen LogP contribution is -2.62. The molecule has 204 valence electrons. The molecule has 2 heterocycles. The van der Waals surface area contributed by atoms with Gasteiger partial charge in [-0.3, -0.25) is 9.69 Å². The van der Waals surface area contributed by atoms with Gasteiger partial charge in [-0.1, -0.05) is 50.2 Å². The van der Waals surface area contributed by atoms with Crippen molar-refractivity contribution in [3.8, 4) is 5.75 Å². The van der Waals surface area contributed by atoms with Gasteiger partial charge in [0.05, 0.1) is 19.2 Å². The Labute approximate surface area is 226 Å². The quantitative estimate of drug-likeness (QED) is 0.522. The van der Waals surface area contributed by atoms with Crippen LogP contribution in [0.3, 0.4) is 0 Å². The fourth-order valence-corrected chi connectivity index (χ4v) is 6.84. The average Bonchev–Trinajstić information content (AvgIpc) is 2.88. The minimum Gasteiger partial charge on any atom is -0.494 e. The first-order valence-electron chi connectivity index (χ1n) is 14.1. The highest BCUT2D eigenvalue weighted by atomic mass is 16.5. The van der Waals surface area contributed by atoms with E-state index in [-0.39, 0.29) is 23.4 Å². The molecule has 3 fully saturated rings. The van der Waals surface area contributed by atoms with Crippen LogP contribution in [0.5, 0.6) is 5.75 Å². The van der Waals surface area contributed by atoms with Gasteiger partial charge in [0, 0.05) is 32.2 Å². The summed E-state index contributed by atoms with van der Waals surface area (Å²) in [5.74, 6) is 1.44. The third-order valence-electron chi connectivity index (χ3n) is 8.86. The number of carbonyl (C=O) groups is 2.